The molecule has 2 aliphatic rings. The van der Waals surface area contributed by atoms with Gasteiger partial charge in [-0.1, -0.05) is 12.1 Å². The van der Waals surface area contributed by atoms with Gasteiger partial charge < -0.3 is 5.32 Å². The first kappa shape index (κ1) is 9.40. The number of hydrogen-bond acceptors (Lipinski definition) is 2. The SMILES string of the molecule is Bc1ccc2c(n1)CC1(CCNCC1)C2. The van der Waals surface area contributed by atoms with E-state index in [1.165, 1.54) is 55.6 Å². The Balaban J connectivity index is 1.90. The second-order valence-electron chi connectivity index (χ2n) is 5.16. The van der Waals surface area contributed by atoms with Crippen molar-refractivity contribution < 1.29 is 0 Å². The van der Waals surface area contributed by atoms with Gasteiger partial charge in [0.15, 0.2) is 7.85 Å². The zero-order chi connectivity index (χ0) is 10.3. The fourth-order valence-electron chi connectivity index (χ4n) is 3.09. The number of nitrogens with one attached hydrogen (secondary N) is 1. The van der Waals surface area contributed by atoms with Gasteiger partial charge in [-0.15, -0.1) is 0 Å². The Hall–Kier alpha value is -0.825. The van der Waals surface area contributed by atoms with E-state index in [0.717, 1.165) is 0 Å². The van der Waals surface area contributed by atoms with Crippen LogP contribution in [0.4, 0.5) is 0 Å². The zero-order valence-electron chi connectivity index (χ0n) is 9.34. The topological polar surface area (TPSA) is 24.9 Å². The Labute approximate surface area is 91.9 Å². The number of rotatable bonds is 0. The highest BCUT2D eigenvalue weighted by molar-refractivity contribution is 6.30. The standard InChI is InChI=1S/C12H17BN2/c13-11-2-1-9-7-12(8-10(9)15-11)3-5-14-6-4-12/h1-2,14H,3-8,13H2. The third-order valence-corrected chi connectivity index (χ3v) is 3.98. The molecule has 0 atom stereocenters. The van der Waals surface area contributed by atoms with Crippen molar-refractivity contribution in [2.24, 2.45) is 5.41 Å². The molecule has 1 fully saturated rings. The van der Waals surface area contributed by atoms with Crippen LogP contribution in [0.5, 0.6) is 0 Å². The van der Waals surface area contributed by atoms with Gasteiger partial charge in [-0.3, -0.25) is 4.98 Å². The van der Waals surface area contributed by atoms with Crippen molar-refractivity contribution in [1.82, 2.24) is 10.3 Å². The maximum absolute atomic E-state index is 4.68. The number of hydrogen-bond donors (Lipinski definition) is 1. The van der Waals surface area contributed by atoms with E-state index in [4.69, 9.17) is 0 Å². The van der Waals surface area contributed by atoms with Crippen molar-refractivity contribution >= 4 is 13.4 Å². The summed E-state index contributed by atoms with van der Waals surface area (Å²) in [6.45, 7) is 2.37. The van der Waals surface area contributed by atoms with E-state index in [1.807, 2.05) is 0 Å². The molecule has 3 rings (SSSR count). The van der Waals surface area contributed by atoms with Crippen molar-refractivity contribution in [3.63, 3.8) is 0 Å². The highest BCUT2D eigenvalue weighted by atomic mass is 14.9. The van der Waals surface area contributed by atoms with Gasteiger partial charge in [0.05, 0.1) is 0 Å². The van der Waals surface area contributed by atoms with Crippen LogP contribution < -0.4 is 10.9 Å². The molecule has 3 heteroatoms. The monoisotopic (exact) mass is 200 g/mol. The van der Waals surface area contributed by atoms with Crippen LogP contribution in [0.1, 0.15) is 24.1 Å². The molecule has 1 aromatic heterocycles. The van der Waals surface area contributed by atoms with Crippen LogP contribution in [0.15, 0.2) is 12.1 Å². The van der Waals surface area contributed by atoms with E-state index >= 15 is 0 Å². The lowest BCUT2D eigenvalue weighted by Crippen LogP contribution is -2.37. The molecule has 0 amide bonds. The molecule has 1 saturated heterocycles. The lowest BCUT2D eigenvalue weighted by Gasteiger charge is -2.33. The first-order chi connectivity index (χ1) is 7.27. The second kappa shape index (κ2) is 3.34. The van der Waals surface area contributed by atoms with Gasteiger partial charge in [0.1, 0.15) is 0 Å². The maximum atomic E-state index is 4.68. The van der Waals surface area contributed by atoms with Crippen LogP contribution in [0.2, 0.25) is 0 Å². The molecule has 1 aliphatic heterocycles. The molecule has 1 spiro atoms. The molecule has 0 aromatic carbocycles. The first-order valence-electron chi connectivity index (χ1n) is 5.94. The van der Waals surface area contributed by atoms with Crippen molar-refractivity contribution in [2.75, 3.05) is 13.1 Å². The molecule has 1 aliphatic carbocycles. The Bertz CT molecular complexity index is 383. The summed E-state index contributed by atoms with van der Waals surface area (Å²) in [5.74, 6) is 0. The summed E-state index contributed by atoms with van der Waals surface area (Å²) in [7, 11) is 2.09. The lowest BCUT2D eigenvalue weighted by molar-refractivity contribution is 0.215. The van der Waals surface area contributed by atoms with Gasteiger partial charge in [-0.05, 0) is 55.3 Å². The highest BCUT2D eigenvalue weighted by Crippen LogP contribution is 2.42. The van der Waals surface area contributed by atoms with E-state index in [2.05, 4.69) is 30.3 Å². The van der Waals surface area contributed by atoms with Crippen LogP contribution in [0, 0.1) is 5.41 Å². The molecule has 15 heavy (non-hydrogen) atoms. The Morgan fingerprint density at radius 1 is 1.20 bits per heavy atom. The van der Waals surface area contributed by atoms with Crippen LogP contribution >= 0.6 is 0 Å². The van der Waals surface area contributed by atoms with Crippen LogP contribution in [0.25, 0.3) is 0 Å². The molecule has 2 heterocycles. The number of nitrogens with zero attached hydrogens (tertiary/aromatic N) is 1. The van der Waals surface area contributed by atoms with Crippen molar-refractivity contribution in [1.29, 1.82) is 0 Å². The normalized spacial score (nSPS) is 22.9. The van der Waals surface area contributed by atoms with Crippen molar-refractivity contribution in [2.45, 2.75) is 25.7 Å². The number of fused-ring (bicyclic) bond motifs is 1. The first-order valence-corrected chi connectivity index (χ1v) is 5.94. The predicted octanol–water partition coefficient (Wildman–Crippen LogP) is -0.192. The second-order valence-corrected chi connectivity index (χ2v) is 5.16. The molecular formula is C12H17BN2. The average molecular weight is 200 g/mol. The van der Waals surface area contributed by atoms with E-state index < -0.39 is 0 Å². The summed E-state index contributed by atoms with van der Waals surface area (Å²) in [6, 6.07) is 4.44. The Kier molecular flexibility index (Phi) is 2.10. The van der Waals surface area contributed by atoms with E-state index in [0.29, 0.717) is 5.41 Å². The molecule has 2 nitrogen and oxygen atoms in total. The molecule has 78 valence electrons. The fraction of sp³-hybridized carbons (Fsp3) is 0.583. The van der Waals surface area contributed by atoms with Gasteiger partial charge in [0.2, 0.25) is 0 Å². The van der Waals surface area contributed by atoms with Crippen LogP contribution in [0.3, 0.4) is 0 Å². The van der Waals surface area contributed by atoms with Gasteiger partial charge >= 0.3 is 0 Å². The van der Waals surface area contributed by atoms with E-state index in [-0.39, 0.29) is 0 Å². The van der Waals surface area contributed by atoms with Crippen LogP contribution in [-0.4, -0.2) is 25.9 Å². The van der Waals surface area contributed by atoms with Gasteiger partial charge in [-0.25, -0.2) is 0 Å². The van der Waals surface area contributed by atoms with Crippen molar-refractivity contribution in [3.8, 4) is 0 Å². The summed E-state index contributed by atoms with van der Waals surface area (Å²) >= 11 is 0. The fourth-order valence-corrected chi connectivity index (χ4v) is 3.09. The summed E-state index contributed by atoms with van der Waals surface area (Å²) in [6.07, 6.45) is 5.12. The summed E-state index contributed by atoms with van der Waals surface area (Å²) < 4.78 is 0. The van der Waals surface area contributed by atoms with E-state index in [1.54, 1.807) is 0 Å². The highest BCUT2D eigenvalue weighted by Gasteiger charge is 2.38. The smallest absolute Gasteiger partial charge is 0.163 e. The minimum Gasteiger partial charge on any atom is -0.317 e. The Morgan fingerprint density at radius 2 is 2.00 bits per heavy atom. The van der Waals surface area contributed by atoms with Gasteiger partial charge in [-0.2, -0.15) is 0 Å². The predicted molar refractivity (Wildman–Crippen MR) is 64.4 cm³/mol. The summed E-state index contributed by atoms with van der Waals surface area (Å²) in [5, 5.41) is 3.45. The number of aromatic nitrogens is 1. The lowest BCUT2D eigenvalue weighted by atomic mass is 9.77. The maximum Gasteiger partial charge on any atom is 0.163 e. The summed E-state index contributed by atoms with van der Waals surface area (Å²) in [4.78, 5) is 4.68. The molecule has 0 radical (unpaired) electrons. The molecule has 0 saturated carbocycles. The molecule has 0 bridgehead atoms. The summed E-state index contributed by atoms with van der Waals surface area (Å²) in [5.41, 5.74) is 4.59. The minimum atomic E-state index is 0.550. The van der Waals surface area contributed by atoms with E-state index in [9.17, 15) is 0 Å². The number of pyridine rings is 1. The molecule has 1 N–H and O–H groups in total. The molecule has 0 unspecified atom stereocenters. The van der Waals surface area contributed by atoms with Gasteiger partial charge in [0, 0.05) is 5.69 Å². The average Bonchev–Trinajstić information content (AvgIpc) is 2.56. The van der Waals surface area contributed by atoms with Crippen LogP contribution in [-0.2, 0) is 12.8 Å². The third-order valence-electron chi connectivity index (χ3n) is 3.98. The van der Waals surface area contributed by atoms with Gasteiger partial charge in [0.25, 0.3) is 0 Å². The molecule has 1 aromatic rings. The minimum absolute atomic E-state index is 0.550. The zero-order valence-corrected chi connectivity index (χ0v) is 9.34. The number of piperidine rings is 1. The quantitative estimate of drug-likeness (QED) is 0.587. The van der Waals surface area contributed by atoms with Crippen molar-refractivity contribution in [3.05, 3.63) is 23.4 Å². The Morgan fingerprint density at radius 3 is 2.80 bits per heavy atom. The molecular weight excluding hydrogens is 183 g/mol. The largest absolute Gasteiger partial charge is 0.317 e. The third kappa shape index (κ3) is 1.59.